The molecule has 0 radical (unpaired) electrons. The van der Waals surface area contributed by atoms with Crippen LogP contribution in [-0.4, -0.2) is 50.0 Å². The van der Waals surface area contributed by atoms with Gasteiger partial charge in [0.1, 0.15) is 0 Å². The van der Waals surface area contributed by atoms with Gasteiger partial charge in [-0.2, -0.15) is 0 Å². The molecule has 1 aliphatic heterocycles. The molecule has 1 saturated carbocycles. The van der Waals surface area contributed by atoms with Crippen molar-refractivity contribution >= 4 is 0 Å². The number of methoxy groups -OCH3 is 2. The van der Waals surface area contributed by atoms with Gasteiger partial charge >= 0.3 is 0 Å². The first kappa shape index (κ1) is 16.2. The van der Waals surface area contributed by atoms with Crippen LogP contribution in [0, 0.1) is 11.8 Å². The van der Waals surface area contributed by atoms with Crippen LogP contribution in [-0.2, 0) is 16.6 Å². The normalized spacial score (nSPS) is 38.3. The lowest BCUT2D eigenvalue weighted by molar-refractivity contribution is -0.0786. The molecule has 1 aromatic rings. The number of aromatic hydroxyl groups is 1. The first-order valence-electron chi connectivity index (χ1n) is 9.14. The topological polar surface area (TPSA) is 41.9 Å². The molecule has 2 bridgehead atoms. The number of fused-ring (bicyclic) bond motifs is 1. The molecule has 0 aromatic heterocycles. The second-order valence-electron chi connectivity index (χ2n) is 8.11. The van der Waals surface area contributed by atoms with E-state index in [-0.39, 0.29) is 11.5 Å². The van der Waals surface area contributed by atoms with Gasteiger partial charge in [-0.15, -0.1) is 0 Å². The van der Waals surface area contributed by atoms with Crippen molar-refractivity contribution in [3.05, 3.63) is 23.3 Å². The third-order valence-electron chi connectivity index (χ3n) is 7.15. The van der Waals surface area contributed by atoms with Gasteiger partial charge in [-0.25, -0.2) is 0 Å². The predicted octanol–water partition coefficient (Wildman–Crippen LogP) is 2.96. The van der Waals surface area contributed by atoms with Crippen molar-refractivity contribution in [2.45, 2.75) is 50.2 Å². The van der Waals surface area contributed by atoms with Gasteiger partial charge in [-0.3, -0.25) is 0 Å². The van der Waals surface area contributed by atoms with Crippen molar-refractivity contribution in [1.82, 2.24) is 4.90 Å². The highest BCUT2D eigenvalue weighted by Crippen LogP contribution is 2.60. The number of benzene rings is 1. The van der Waals surface area contributed by atoms with Crippen LogP contribution in [0.2, 0.25) is 0 Å². The average molecular weight is 331 g/mol. The van der Waals surface area contributed by atoms with Crippen LogP contribution in [0.25, 0.3) is 0 Å². The molecule has 1 N–H and O–H groups in total. The Morgan fingerprint density at radius 2 is 2.08 bits per heavy atom. The molecule has 2 aliphatic carbocycles. The van der Waals surface area contributed by atoms with E-state index in [9.17, 15) is 5.11 Å². The van der Waals surface area contributed by atoms with E-state index < -0.39 is 0 Å². The number of hydrogen-bond acceptors (Lipinski definition) is 4. The molecule has 0 spiro atoms. The van der Waals surface area contributed by atoms with E-state index >= 15 is 0 Å². The minimum Gasteiger partial charge on any atom is -0.504 e. The maximum atomic E-state index is 11.0. The summed E-state index contributed by atoms with van der Waals surface area (Å²) in [6.45, 7) is 3.40. The first-order chi connectivity index (χ1) is 11.5. The Hall–Kier alpha value is -1.26. The number of piperidine rings is 1. The van der Waals surface area contributed by atoms with Crippen LogP contribution in [0.1, 0.15) is 37.3 Å². The van der Waals surface area contributed by atoms with E-state index in [1.807, 2.05) is 13.2 Å². The van der Waals surface area contributed by atoms with Crippen molar-refractivity contribution < 1.29 is 14.6 Å². The number of hydrogen-bond donors (Lipinski definition) is 1. The summed E-state index contributed by atoms with van der Waals surface area (Å²) >= 11 is 0. The SMILES string of the molecule is COc1ccc2c(c1O)[C@]13CCN(C)[C@H](C2)[C@@H]1CC(C)C(OC)C3. The molecule has 2 fully saturated rings. The minimum absolute atomic E-state index is 0.0244. The summed E-state index contributed by atoms with van der Waals surface area (Å²) < 4.78 is 11.3. The second kappa shape index (κ2) is 5.63. The minimum atomic E-state index is 0.0244. The molecule has 4 rings (SSSR count). The third-order valence-corrected chi connectivity index (χ3v) is 7.15. The summed E-state index contributed by atoms with van der Waals surface area (Å²) in [5.41, 5.74) is 2.48. The standard InChI is InChI=1S/C20H29NO3/c1-12-9-14-15-10-13-5-6-16(23-3)19(22)18(13)20(14,7-8-21(15)2)11-17(12)24-4/h5-6,12,14-15,17,22H,7-11H2,1-4H3/t12?,14-,15+,17?,20-/m0/s1. The van der Waals surface area contributed by atoms with Crippen molar-refractivity contribution in [3.8, 4) is 11.5 Å². The average Bonchev–Trinajstić information content (AvgIpc) is 2.58. The van der Waals surface area contributed by atoms with Crippen LogP contribution in [0.4, 0.5) is 0 Å². The maximum Gasteiger partial charge on any atom is 0.161 e. The molecule has 1 heterocycles. The van der Waals surface area contributed by atoms with Crippen LogP contribution < -0.4 is 4.74 Å². The van der Waals surface area contributed by atoms with E-state index in [2.05, 4.69) is 24.9 Å². The Bertz CT molecular complexity index is 646. The molecule has 132 valence electrons. The van der Waals surface area contributed by atoms with Crippen LogP contribution in [0.3, 0.4) is 0 Å². The lowest BCUT2D eigenvalue weighted by Gasteiger charge is -2.60. The fourth-order valence-electron chi connectivity index (χ4n) is 5.91. The van der Waals surface area contributed by atoms with Gasteiger partial charge in [0.2, 0.25) is 0 Å². The third kappa shape index (κ3) is 2.05. The van der Waals surface area contributed by atoms with E-state index in [1.165, 1.54) is 12.0 Å². The number of phenols is 1. The van der Waals surface area contributed by atoms with Crippen molar-refractivity contribution in [2.75, 3.05) is 27.8 Å². The number of likely N-dealkylation sites (tertiary alicyclic amines) is 1. The van der Waals surface area contributed by atoms with Crippen molar-refractivity contribution in [2.24, 2.45) is 11.8 Å². The van der Waals surface area contributed by atoms with E-state index in [4.69, 9.17) is 9.47 Å². The Morgan fingerprint density at radius 3 is 2.79 bits per heavy atom. The van der Waals surface area contributed by atoms with Gasteiger partial charge < -0.3 is 19.5 Å². The fourth-order valence-corrected chi connectivity index (χ4v) is 5.91. The molecular weight excluding hydrogens is 302 g/mol. The maximum absolute atomic E-state index is 11.0. The van der Waals surface area contributed by atoms with E-state index in [1.54, 1.807) is 7.11 Å². The first-order valence-corrected chi connectivity index (χ1v) is 9.14. The van der Waals surface area contributed by atoms with Gasteiger partial charge in [0.25, 0.3) is 0 Å². The van der Waals surface area contributed by atoms with Gasteiger partial charge in [0.05, 0.1) is 13.2 Å². The molecule has 1 saturated heterocycles. The zero-order chi connectivity index (χ0) is 17.1. The molecule has 5 atom stereocenters. The molecule has 4 heteroatoms. The summed E-state index contributed by atoms with van der Waals surface area (Å²) in [5.74, 6) is 2.12. The van der Waals surface area contributed by atoms with E-state index in [0.29, 0.717) is 29.4 Å². The number of rotatable bonds is 2. The van der Waals surface area contributed by atoms with Crippen LogP contribution in [0.15, 0.2) is 12.1 Å². The number of ether oxygens (including phenoxy) is 2. The summed E-state index contributed by atoms with van der Waals surface area (Å²) in [4.78, 5) is 2.53. The van der Waals surface area contributed by atoms with Crippen molar-refractivity contribution in [1.29, 1.82) is 0 Å². The molecular formula is C20H29NO3. The zero-order valence-electron chi connectivity index (χ0n) is 15.2. The zero-order valence-corrected chi connectivity index (χ0v) is 15.2. The van der Waals surface area contributed by atoms with Gasteiger partial charge in [0, 0.05) is 24.1 Å². The number of phenolic OH excluding ortho intramolecular Hbond substituents is 1. The summed E-state index contributed by atoms with van der Waals surface area (Å²) in [7, 11) is 5.73. The van der Waals surface area contributed by atoms with Gasteiger partial charge in [-0.1, -0.05) is 13.0 Å². The van der Waals surface area contributed by atoms with Crippen LogP contribution in [0.5, 0.6) is 11.5 Å². The van der Waals surface area contributed by atoms with E-state index in [0.717, 1.165) is 31.4 Å². The van der Waals surface area contributed by atoms with Gasteiger partial charge in [-0.05, 0) is 62.7 Å². The highest BCUT2D eigenvalue weighted by Gasteiger charge is 2.57. The predicted molar refractivity (Wildman–Crippen MR) is 93.8 cm³/mol. The molecule has 4 nitrogen and oxygen atoms in total. The Morgan fingerprint density at radius 1 is 1.29 bits per heavy atom. The quantitative estimate of drug-likeness (QED) is 0.905. The summed E-state index contributed by atoms with van der Waals surface area (Å²) in [6, 6.07) is 4.65. The summed E-state index contributed by atoms with van der Waals surface area (Å²) in [5, 5.41) is 11.0. The van der Waals surface area contributed by atoms with Crippen molar-refractivity contribution in [3.63, 3.8) is 0 Å². The molecule has 0 amide bonds. The molecule has 1 aromatic carbocycles. The summed E-state index contributed by atoms with van der Waals surface area (Å²) in [6.07, 6.45) is 4.56. The second-order valence-corrected chi connectivity index (χ2v) is 8.11. The highest BCUT2D eigenvalue weighted by atomic mass is 16.5. The molecule has 3 aliphatic rings. The lowest BCUT2D eigenvalue weighted by atomic mass is 9.50. The monoisotopic (exact) mass is 331 g/mol. The Kier molecular flexibility index (Phi) is 3.81. The largest absolute Gasteiger partial charge is 0.504 e. The fraction of sp³-hybridized carbons (Fsp3) is 0.700. The lowest BCUT2D eigenvalue weighted by Crippen LogP contribution is -2.62. The highest BCUT2D eigenvalue weighted by molar-refractivity contribution is 5.56. The molecule has 24 heavy (non-hydrogen) atoms. The molecule has 2 unspecified atom stereocenters. The van der Waals surface area contributed by atoms with Gasteiger partial charge in [0.15, 0.2) is 11.5 Å². The van der Waals surface area contributed by atoms with Crippen LogP contribution >= 0.6 is 0 Å². The Balaban J connectivity index is 1.91. The Labute approximate surface area is 144 Å². The smallest absolute Gasteiger partial charge is 0.161 e. The number of likely N-dealkylation sites (N-methyl/N-ethyl adjacent to an activating group) is 1. The number of nitrogens with zero attached hydrogens (tertiary/aromatic N) is 1.